The van der Waals surface area contributed by atoms with E-state index in [2.05, 4.69) is 5.10 Å². The number of carboxylic acids is 1. The van der Waals surface area contributed by atoms with Crippen LogP contribution >= 0.6 is 0 Å². The number of rotatable bonds is 2. The lowest BCUT2D eigenvalue weighted by Crippen LogP contribution is -2.12. The van der Waals surface area contributed by atoms with Crippen LogP contribution < -0.4 is 0 Å². The van der Waals surface area contributed by atoms with Gasteiger partial charge in [0.05, 0.1) is 0 Å². The summed E-state index contributed by atoms with van der Waals surface area (Å²) in [6.07, 6.45) is -3.86. The number of aromatic carboxylic acids is 1. The summed E-state index contributed by atoms with van der Waals surface area (Å²) >= 11 is 0. The molecule has 1 aromatic heterocycles. The van der Waals surface area contributed by atoms with Crippen LogP contribution in [0.25, 0.3) is 0 Å². The molecule has 0 amide bonds. The Kier molecular flexibility index (Phi) is 2.74. The highest BCUT2D eigenvalue weighted by atomic mass is 19.4. The zero-order valence-electron chi connectivity index (χ0n) is 8.04. The molecule has 15 heavy (non-hydrogen) atoms. The van der Waals surface area contributed by atoms with Gasteiger partial charge in [0.25, 0.3) is 0 Å². The molecule has 0 aromatic carbocycles. The van der Waals surface area contributed by atoms with Crippen LogP contribution in [-0.4, -0.2) is 20.9 Å². The Bertz CT molecular complexity index is 382. The molecule has 0 aliphatic rings. The summed E-state index contributed by atoms with van der Waals surface area (Å²) in [5.41, 5.74) is -2.18. The molecular formula is C8H9F3N2O2. The van der Waals surface area contributed by atoms with Crippen molar-refractivity contribution in [3.63, 3.8) is 0 Å². The lowest BCUT2D eigenvalue weighted by Gasteiger charge is -2.04. The van der Waals surface area contributed by atoms with Gasteiger partial charge in [0.15, 0.2) is 5.69 Å². The van der Waals surface area contributed by atoms with Crippen LogP contribution in [0, 0.1) is 0 Å². The summed E-state index contributed by atoms with van der Waals surface area (Å²) in [6.45, 7) is 3.22. The Morgan fingerprint density at radius 1 is 1.53 bits per heavy atom. The molecule has 0 radical (unpaired) electrons. The number of carboxylic acid groups (broad SMARTS) is 1. The van der Waals surface area contributed by atoms with Gasteiger partial charge in [0, 0.05) is 12.2 Å². The van der Waals surface area contributed by atoms with Crippen molar-refractivity contribution in [3.8, 4) is 0 Å². The Morgan fingerprint density at radius 3 is 2.33 bits per heavy atom. The Labute approximate surface area is 83.3 Å². The van der Waals surface area contributed by atoms with Crippen LogP contribution in [0.15, 0.2) is 6.20 Å². The van der Waals surface area contributed by atoms with E-state index >= 15 is 0 Å². The maximum absolute atomic E-state index is 12.3. The summed E-state index contributed by atoms with van der Waals surface area (Å²) in [6, 6.07) is -0.320. The van der Waals surface area contributed by atoms with Crippen molar-refractivity contribution < 1.29 is 23.1 Å². The quantitative estimate of drug-likeness (QED) is 0.834. The van der Waals surface area contributed by atoms with E-state index in [-0.39, 0.29) is 6.04 Å². The van der Waals surface area contributed by atoms with Crippen molar-refractivity contribution in [1.29, 1.82) is 0 Å². The summed E-state index contributed by atoms with van der Waals surface area (Å²) in [5, 5.41) is 11.8. The normalized spacial score (nSPS) is 12.1. The van der Waals surface area contributed by atoms with E-state index in [1.165, 1.54) is 0 Å². The molecule has 1 heterocycles. The molecule has 0 spiro atoms. The molecule has 0 aliphatic heterocycles. The van der Waals surface area contributed by atoms with Gasteiger partial charge < -0.3 is 5.11 Å². The maximum atomic E-state index is 12.3. The molecule has 0 unspecified atom stereocenters. The predicted octanol–water partition coefficient (Wildman–Crippen LogP) is 2.18. The monoisotopic (exact) mass is 222 g/mol. The van der Waals surface area contributed by atoms with Gasteiger partial charge >= 0.3 is 12.1 Å². The van der Waals surface area contributed by atoms with Crippen molar-refractivity contribution in [2.45, 2.75) is 26.1 Å². The lowest BCUT2D eigenvalue weighted by molar-refractivity contribution is -0.142. The minimum absolute atomic E-state index is 0.320. The van der Waals surface area contributed by atoms with Gasteiger partial charge in [-0.3, -0.25) is 4.68 Å². The van der Waals surface area contributed by atoms with Crippen molar-refractivity contribution in [1.82, 2.24) is 9.78 Å². The highest BCUT2D eigenvalue weighted by Gasteiger charge is 2.39. The van der Waals surface area contributed by atoms with Gasteiger partial charge in [-0.1, -0.05) is 0 Å². The molecule has 1 rings (SSSR count). The second kappa shape index (κ2) is 3.56. The standard InChI is InChI=1S/C8H9F3N2O2/c1-4(2)13-3-5(7(14)15)6(12-13)8(9,10)11/h3-4H,1-2H3,(H,14,15). The number of nitrogens with zero attached hydrogens (tertiary/aromatic N) is 2. The van der Waals surface area contributed by atoms with E-state index in [0.29, 0.717) is 0 Å². The van der Waals surface area contributed by atoms with E-state index < -0.39 is 23.4 Å². The van der Waals surface area contributed by atoms with Crippen LogP contribution in [0.3, 0.4) is 0 Å². The Balaban J connectivity index is 3.30. The summed E-state index contributed by atoms with van der Waals surface area (Å²) in [4.78, 5) is 10.6. The van der Waals surface area contributed by atoms with Crippen LogP contribution in [0.5, 0.6) is 0 Å². The number of hydrogen-bond donors (Lipinski definition) is 1. The van der Waals surface area contributed by atoms with Gasteiger partial charge in [0.2, 0.25) is 0 Å². The third kappa shape index (κ3) is 2.28. The number of alkyl halides is 3. The van der Waals surface area contributed by atoms with Crippen molar-refractivity contribution in [3.05, 3.63) is 17.5 Å². The molecule has 0 saturated carbocycles. The van der Waals surface area contributed by atoms with Crippen LogP contribution in [0.2, 0.25) is 0 Å². The molecule has 1 N–H and O–H groups in total. The molecule has 7 heteroatoms. The second-order valence-corrected chi connectivity index (χ2v) is 3.27. The molecular weight excluding hydrogens is 213 g/mol. The van der Waals surface area contributed by atoms with Crippen molar-refractivity contribution in [2.24, 2.45) is 0 Å². The van der Waals surface area contributed by atoms with Gasteiger partial charge in [-0.05, 0) is 13.8 Å². The third-order valence-corrected chi connectivity index (χ3v) is 1.76. The average Bonchev–Trinajstić information content (AvgIpc) is 2.45. The van der Waals surface area contributed by atoms with E-state index in [1.807, 2.05) is 0 Å². The zero-order valence-corrected chi connectivity index (χ0v) is 8.04. The number of halogens is 3. The smallest absolute Gasteiger partial charge is 0.436 e. The first-order valence-electron chi connectivity index (χ1n) is 4.13. The predicted molar refractivity (Wildman–Crippen MR) is 44.6 cm³/mol. The molecule has 4 nitrogen and oxygen atoms in total. The summed E-state index contributed by atoms with van der Waals surface area (Å²) < 4.78 is 38.0. The largest absolute Gasteiger partial charge is 0.478 e. The van der Waals surface area contributed by atoms with E-state index in [4.69, 9.17) is 5.11 Å². The number of carbonyl (C=O) groups is 1. The topological polar surface area (TPSA) is 55.1 Å². The average molecular weight is 222 g/mol. The molecule has 0 atom stereocenters. The van der Waals surface area contributed by atoms with Gasteiger partial charge in [0.1, 0.15) is 5.56 Å². The van der Waals surface area contributed by atoms with E-state index in [1.54, 1.807) is 13.8 Å². The number of hydrogen-bond acceptors (Lipinski definition) is 2. The SMILES string of the molecule is CC(C)n1cc(C(=O)O)c(C(F)(F)F)n1. The fourth-order valence-corrected chi connectivity index (χ4v) is 1.02. The minimum Gasteiger partial charge on any atom is -0.478 e. The van der Waals surface area contributed by atoms with Gasteiger partial charge in [-0.2, -0.15) is 18.3 Å². The first-order valence-corrected chi connectivity index (χ1v) is 4.13. The maximum Gasteiger partial charge on any atom is 0.436 e. The highest BCUT2D eigenvalue weighted by Crippen LogP contribution is 2.31. The van der Waals surface area contributed by atoms with Gasteiger partial charge in [-0.25, -0.2) is 4.79 Å². The minimum atomic E-state index is -4.74. The third-order valence-electron chi connectivity index (χ3n) is 1.76. The lowest BCUT2D eigenvalue weighted by atomic mass is 10.2. The molecule has 84 valence electrons. The highest BCUT2D eigenvalue weighted by molar-refractivity contribution is 5.88. The summed E-state index contributed by atoms with van der Waals surface area (Å²) in [5.74, 6) is -1.63. The first kappa shape index (κ1) is 11.5. The zero-order chi connectivity index (χ0) is 11.8. The number of aromatic nitrogens is 2. The Morgan fingerprint density at radius 2 is 2.07 bits per heavy atom. The fourth-order valence-electron chi connectivity index (χ4n) is 1.02. The van der Waals surface area contributed by atoms with Crippen LogP contribution in [-0.2, 0) is 6.18 Å². The van der Waals surface area contributed by atoms with E-state index in [0.717, 1.165) is 10.9 Å². The second-order valence-electron chi connectivity index (χ2n) is 3.27. The van der Waals surface area contributed by atoms with Crippen molar-refractivity contribution in [2.75, 3.05) is 0 Å². The van der Waals surface area contributed by atoms with Crippen LogP contribution in [0.4, 0.5) is 13.2 Å². The molecule has 0 fully saturated rings. The van der Waals surface area contributed by atoms with Crippen LogP contribution in [0.1, 0.15) is 35.9 Å². The molecule has 0 aliphatic carbocycles. The van der Waals surface area contributed by atoms with Crippen molar-refractivity contribution >= 4 is 5.97 Å². The summed E-state index contributed by atoms with van der Waals surface area (Å²) in [7, 11) is 0. The first-order chi connectivity index (χ1) is 6.73. The molecule has 0 saturated heterocycles. The van der Waals surface area contributed by atoms with E-state index in [9.17, 15) is 18.0 Å². The van der Waals surface area contributed by atoms with Gasteiger partial charge in [-0.15, -0.1) is 0 Å². The molecule has 0 bridgehead atoms. The fraction of sp³-hybridized carbons (Fsp3) is 0.500. The Hall–Kier alpha value is -1.53. The molecule has 1 aromatic rings.